The number of anilines is 1. The zero-order valence-corrected chi connectivity index (χ0v) is 21.8. The molecule has 7 N–H and O–H groups in total. The van der Waals surface area contributed by atoms with Crippen LogP contribution in [-0.4, -0.2) is 69.8 Å². The van der Waals surface area contributed by atoms with Gasteiger partial charge in [-0.15, -0.1) is 0 Å². The number of hydrogen-bond acceptors (Lipinski definition) is 13. The molecule has 0 saturated carbocycles. The third kappa shape index (κ3) is 6.04. The second kappa shape index (κ2) is 9.88. The molecule has 2 aliphatic rings. The molecular formula is C15H24N5O14P3. The lowest BCUT2D eigenvalue weighted by atomic mass is 10.1. The molecule has 2 saturated heterocycles. The summed E-state index contributed by atoms with van der Waals surface area (Å²) in [5.41, 5.74) is 5.08. The Kier molecular flexibility index (Phi) is 7.59. The number of nitrogens with two attached hydrogens (primary N) is 1. The van der Waals surface area contributed by atoms with Crippen molar-refractivity contribution >= 4 is 40.6 Å². The number of hydrogen-bond donors (Lipinski definition) is 6. The van der Waals surface area contributed by atoms with E-state index in [4.69, 9.17) is 34.3 Å². The lowest BCUT2D eigenvalue weighted by molar-refractivity contribution is -0.222. The summed E-state index contributed by atoms with van der Waals surface area (Å²) in [5, 5.41) is 0. The first-order valence-electron chi connectivity index (χ1n) is 10.6. The van der Waals surface area contributed by atoms with Crippen molar-refractivity contribution < 1.29 is 60.6 Å². The Balaban J connectivity index is 1.59. The van der Waals surface area contributed by atoms with E-state index in [9.17, 15) is 28.3 Å². The van der Waals surface area contributed by atoms with E-state index >= 15 is 0 Å². The van der Waals surface area contributed by atoms with Gasteiger partial charge in [0.25, 0.3) is 5.56 Å². The Hall–Kier alpha value is -1.56. The van der Waals surface area contributed by atoms with Gasteiger partial charge in [0.1, 0.15) is 18.3 Å². The van der Waals surface area contributed by atoms with E-state index in [1.807, 2.05) is 13.8 Å². The van der Waals surface area contributed by atoms with Crippen LogP contribution < -0.4 is 11.3 Å². The summed E-state index contributed by atoms with van der Waals surface area (Å²) in [4.78, 5) is 59.1. The molecule has 2 aliphatic heterocycles. The van der Waals surface area contributed by atoms with Gasteiger partial charge in [-0.2, -0.15) is 13.6 Å². The van der Waals surface area contributed by atoms with Gasteiger partial charge in [0.05, 0.1) is 12.9 Å². The fourth-order valence-corrected chi connectivity index (χ4v) is 7.07. The molecule has 2 fully saturated rings. The first-order valence-corrected chi connectivity index (χ1v) is 15.1. The van der Waals surface area contributed by atoms with E-state index in [0.717, 1.165) is 0 Å². The van der Waals surface area contributed by atoms with Gasteiger partial charge in [0.15, 0.2) is 23.2 Å². The summed E-state index contributed by atoms with van der Waals surface area (Å²) in [6, 6.07) is 0. The molecule has 4 unspecified atom stereocenters. The predicted molar refractivity (Wildman–Crippen MR) is 119 cm³/mol. The van der Waals surface area contributed by atoms with Crippen molar-refractivity contribution in [2.75, 3.05) is 12.3 Å². The predicted octanol–water partition coefficient (Wildman–Crippen LogP) is 0.243. The van der Waals surface area contributed by atoms with Crippen LogP contribution in [0.3, 0.4) is 0 Å². The number of nitrogens with one attached hydrogen (secondary N) is 1. The highest BCUT2D eigenvalue weighted by Crippen LogP contribution is 2.66. The largest absolute Gasteiger partial charge is 0.490 e. The van der Waals surface area contributed by atoms with Crippen molar-refractivity contribution in [2.45, 2.75) is 57.0 Å². The minimum atomic E-state index is -5.70. The third-order valence-electron chi connectivity index (χ3n) is 5.61. The van der Waals surface area contributed by atoms with Crippen LogP contribution in [0.2, 0.25) is 0 Å². The number of nitrogen functional groups attached to an aromatic ring is 1. The average molecular weight is 591 g/mol. The van der Waals surface area contributed by atoms with Gasteiger partial charge in [-0.1, -0.05) is 13.8 Å². The minimum absolute atomic E-state index is 0.0396. The third-order valence-corrected chi connectivity index (χ3v) is 9.41. The van der Waals surface area contributed by atoms with Crippen LogP contribution in [0.25, 0.3) is 11.2 Å². The number of imidazole rings is 1. The van der Waals surface area contributed by atoms with Crippen molar-refractivity contribution in [1.82, 2.24) is 19.5 Å². The summed E-state index contributed by atoms with van der Waals surface area (Å²) in [6.45, 7) is 2.86. The number of ether oxygens (including phenoxy) is 3. The molecule has 0 spiro atoms. The smallest absolute Gasteiger partial charge is 0.369 e. The zero-order chi connectivity index (χ0) is 27.4. The maximum absolute atomic E-state index is 12.2. The second-order valence-corrected chi connectivity index (χ2v) is 12.4. The highest BCUT2D eigenvalue weighted by atomic mass is 31.3. The zero-order valence-electron chi connectivity index (χ0n) is 19.1. The summed E-state index contributed by atoms with van der Waals surface area (Å²) in [6.07, 6.45) is -1.83. The molecule has 6 atom stereocenters. The van der Waals surface area contributed by atoms with Crippen molar-refractivity contribution in [1.29, 1.82) is 0 Å². The Morgan fingerprint density at radius 3 is 2.38 bits per heavy atom. The lowest BCUT2D eigenvalue weighted by Crippen LogP contribution is -2.35. The van der Waals surface area contributed by atoms with Crippen LogP contribution >= 0.6 is 23.5 Å². The van der Waals surface area contributed by atoms with Gasteiger partial charge >= 0.3 is 23.5 Å². The van der Waals surface area contributed by atoms with E-state index in [1.54, 1.807) is 0 Å². The van der Waals surface area contributed by atoms with E-state index < -0.39 is 66.0 Å². The average Bonchev–Trinajstić information content (AvgIpc) is 3.41. The van der Waals surface area contributed by atoms with E-state index in [2.05, 4.69) is 23.6 Å². The number of phosphoric acid groups is 3. The van der Waals surface area contributed by atoms with Crippen molar-refractivity contribution in [3.05, 3.63) is 16.7 Å². The van der Waals surface area contributed by atoms with Crippen LogP contribution in [-0.2, 0) is 41.1 Å². The molecule has 2 aromatic rings. The number of nitrogens with zero attached hydrogens (tertiary/aromatic N) is 3. The first-order chi connectivity index (χ1) is 17.1. The van der Waals surface area contributed by atoms with Gasteiger partial charge in [-0.05, 0) is 12.8 Å². The van der Waals surface area contributed by atoms with Gasteiger partial charge in [0.2, 0.25) is 5.95 Å². The molecule has 2 aromatic heterocycles. The fourth-order valence-electron chi connectivity index (χ4n) is 4.04. The summed E-state index contributed by atoms with van der Waals surface area (Å²) in [5.74, 6) is -1.23. The van der Waals surface area contributed by atoms with E-state index in [-0.39, 0.29) is 17.1 Å². The molecule has 0 aliphatic carbocycles. The maximum Gasteiger partial charge on any atom is 0.490 e. The quantitative estimate of drug-likeness (QED) is 0.202. The molecule has 0 aromatic carbocycles. The molecule has 0 radical (unpaired) electrons. The van der Waals surface area contributed by atoms with Crippen molar-refractivity contribution in [3.63, 3.8) is 0 Å². The molecule has 22 heteroatoms. The van der Waals surface area contributed by atoms with Crippen molar-refractivity contribution in [2.24, 2.45) is 0 Å². The van der Waals surface area contributed by atoms with Crippen molar-refractivity contribution in [3.8, 4) is 0 Å². The molecule has 4 rings (SSSR count). The molecule has 19 nitrogen and oxygen atoms in total. The lowest BCUT2D eigenvalue weighted by Gasteiger charge is -2.29. The normalized spacial score (nSPS) is 28.7. The van der Waals surface area contributed by atoms with Crippen LogP contribution in [0.5, 0.6) is 0 Å². The van der Waals surface area contributed by atoms with Crippen LogP contribution in [0.1, 0.15) is 32.9 Å². The summed E-state index contributed by atoms with van der Waals surface area (Å²) in [7, 11) is -16.7. The molecule has 4 heterocycles. The van der Waals surface area contributed by atoms with E-state index in [0.29, 0.717) is 12.8 Å². The summed E-state index contributed by atoms with van der Waals surface area (Å²) >= 11 is 0. The molecule has 0 amide bonds. The number of H-pyrrole nitrogens is 1. The second-order valence-electron chi connectivity index (χ2n) is 8.01. The van der Waals surface area contributed by atoms with E-state index in [1.165, 1.54) is 10.9 Å². The maximum atomic E-state index is 12.2. The van der Waals surface area contributed by atoms with Gasteiger partial charge in [0, 0.05) is 0 Å². The van der Waals surface area contributed by atoms with Gasteiger partial charge in [-0.25, -0.2) is 18.7 Å². The standard InChI is InChI=1S/C15H24N5O14P3/c1-3-15(4-2)31-9-7(5-29-36(25,26)34-37(27,28)33-35(22,23)24)30-13(10(9)32-15)20-6-17-8-11(20)18-14(16)19-12(8)21/h6-7,9-10,13H,3-5H2,1-2H3,(H,25,26)(H,27,28)(H2,22,23,24)(H3,16,18,19,21)/t7-,9?,10?,13-/m1/s1. The topological polar surface area (TPSA) is 277 Å². The van der Waals surface area contributed by atoms with Gasteiger partial charge in [-0.3, -0.25) is 18.9 Å². The number of aromatic nitrogens is 4. The Morgan fingerprint density at radius 2 is 1.76 bits per heavy atom. The Morgan fingerprint density at radius 1 is 1.11 bits per heavy atom. The van der Waals surface area contributed by atoms with Gasteiger partial charge < -0.3 is 39.5 Å². The van der Waals surface area contributed by atoms with Crippen LogP contribution in [0.15, 0.2) is 11.1 Å². The molecule has 37 heavy (non-hydrogen) atoms. The number of fused-ring (bicyclic) bond motifs is 2. The van der Waals surface area contributed by atoms with Crippen LogP contribution in [0.4, 0.5) is 5.95 Å². The number of aromatic amines is 1. The van der Waals surface area contributed by atoms with Crippen LogP contribution in [0, 0.1) is 0 Å². The SMILES string of the molecule is CCC1(CC)OC2C(O1)[C@@H](COP(=O)(O)OP(=O)(O)OP(=O)(O)O)O[C@H]2n1cnc2c(=O)[nH]c(N)nc21. The highest BCUT2D eigenvalue weighted by molar-refractivity contribution is 7.66. The molecular weight excluding hydrogens is 567 g/mol. The summed E-state index contributed by atoms with van der Waals surface area (Å²) < 4.78 is 66.3. The Labute approximate surface area is 207 Å². The minimum Gasteiger partial charge on any atom is -0.369 e. The fraction of sp³-hybridized carbons (Fsp3) is 0.667. The first kappa shape index (κ1) is 28.4. The molecule has 0 bridgehead atoms. The Bertz CT molecular complexity index is 1370. The number of rotatable bonds is 10. The molecule has 208 valence electrons. The number of phosphoric ester groups is 1. The monoisotopic (exact) mass is 591 g/mol. The highest BCUT2D eigenvalue weighted by Gasteiger charge is 2.58.